The van der Waals surface area contributed by atoms with E-state index in [-0.39, 0.29) is 29.6 Å². The molecule has 2 amide bonds. The van der Waals surface area contributed by atoms with Gasteiger partial charge in [0.25, 0.3) is 11.1 Å². The number of carbonyl (C=O) groups is 2. The molecule has 0 bridgehead atoms. The summed E-state index contributed by atoms with van der Waals surface area (Å²) < 4.78 is 20.9. The first kappa shape index (κ1) is 22.1. The molecule has 3 rings (SSSR count). The Labute approximate surface area is 189 Å². The fourth-order valence-corrected chi connectivity index (χ4v) is 5.14. The SMILES string of the molecule is CC[C@@H](C)N1C(=O)S/C(=C/c2cc(Br)c(OCc3ccccc3F)c(Br)c2)C1=O. The Kier molecular flexibility index (Phi) is 7.19. The number of carbonyl (C=O) groups excluding carboxylic acids is 2. The molecule has 2 aromatic carbocycles. The number of nitrogens with zero attached hydrogens (tertiary/aromatic N) is 1. The molecule has 0 unspecified atom stereocenters. The van der Waals surface area contributed by atoms with E-state index in [4.69, 9.17) is 4.74 Å². The molecule has 0 spiro atoms. The number of hydrogen-bond acceptors (Lipinski definition) is 4. The van der Waals surface area contributed by atoms with Gasteiger partial charge in [-0.05, 0) is 86.8 Å². The minimum atomic E-state index is -0.326. The van der Waals surface area contributed by atoms with Gasteiger partial charge in [0.2, 0.25) is 0 Å². The number of ether oxygens (including phenoxy) is 1. The molecule has 0 saturated carbocycles. The highest BCUT2D eigenvalue weighted by Gasteiger charge is 2.37. The van der Waals surface area contributed by atoms with Gasteiger partial charge in [-0.1, -0.05) is 25.1 Å². The third kappa shape index (κ3) is 4.92. The lowest BCUT2D eigenvalue weighted by Crippen LogP contribution is -2.36. The Morgan fingerprint density at radius 1 is 1.21 bits per heavy atom. The van der Waals surface area contributed by atoms with Crippen LogP contribution in [0.3, 0.4) is 0 Å². The van der Waals surface area contributed by atoms with Gasteiger partial charge in [-0.15, -0.1) is 0 Å². The number of thioether (sulfide) groups is 1. The van der Waals surface area contributed by atoms with Gasteiger partial charge in [-0.2, -0.15) is 0 Å². The van der Waals surface area contributed by atoms with Gasteiger partial charge in [0.05, 0.1) is 13.9 Å². The molecule has 1 heterocycles. The molecule has 0 N–H and O–H groups in total. The van der Waals surface area contributed by atoms with Gasteiger partial charge < -0.3 is 4.74 Å². The molecule has 0 radical (unpaired) electrons. The van der Waals surface area contributed by atoms with Crippen molar-refractivity contribution >= 4 is 60.8 Å². The monoisotopic (exact) mass is 541 g/mol. The summed E-state index contributed by atoms with van der Waals surface area (Å²) in [5, 5.41) is -0.251. The minimum absolute atomic E-state index is 0.0804. The maximum Gasteiger partial charge on any atom is 0.293 e. The Bertz CT molecular complexity index is 973. The van der Waals surface area contributed by atoms with E-state index in [1.54, 1.807) is 36.4 Å². The van der Waals surface area contributed by atoms with Gasteiger partial charge in [0, 0.05) is 11.6 Å². The van der Waals surface area contributed by atoms with Crippen LogP contribution < -0.4 is 4.74 Å². The molecule has 8 heteroatoms. The zero-order chi connectivity index (χ0) is 21.1. The van der Waals surface area contributed by atoms with E-state index >= 15 is 0 Å². The van der Waals surface area contributed by atoms with Crippen LogP contribution in [0.5, 0.6) is 5.75 Å². The van der Waals surface area contributed by atoms with E-state index in [1.807, 2.05) is 13.8 Å². The second-order valence-corrected chi connectivity index (χ2v) is 9.20. The van der Waals surface area contributed by atoms with E-state index in [2.05, 4.69) is 31.9 Å². The largest absolute Gasteiger partial charge is 0.486 e. The molecule has 4 nitrogen and oxygen atoms in total. The minimum Gasteiger partial charge on any atom is -0.486 e. The normalized spacial score (nSPS) is 16.6. The maximum atomic E-state index is 13.8. The van der Waals surface area contributed by atoms with Crippen LogP contribution in [0.2, 0.25) is 0 Å². The van der Waals surface area contributed by atoms with Crippen LogP contribution in [0.4, 0.5) is 9.18 Å². The van der Waals surface area contributed by atoms with E-state index < -0.39 is 0 Å². The molecule has 1 fully saturated rings. The van der Waals surface area contributed by atoms with Crippen molar-refractivity contribution in [3.8, 4) is 5.75 Å². The van der Waals surface area contributed by atoms with Gasteiger partial charge >= 0.3 is 0 Å². The topological polar surface area (TPSA) is 46.6 Å². The molecule has 152 valence electrons. The van der Waals surface area contributed by atoms with Crippen molar-refractivity contribution in [1.82, 2.24) is 4.90 Å². The van der Waals surface area contributed by atoms with E-state index in [1.165, 1.54) is 11.0 Å². The highest BCUT2D eigenvalue weighted by Crippen LogP contribution is 2.38. The third-order valence-corrected chi connectivity index (χ3v) is 6.57. The molecular formula is C21H18Br2FNO3S. The van der Waals surface area contributed by atoms with Crippen molar-refractivity contribution < 1.29 is 18.7 Å². The zero-order valence-electron chi connectivity index (χ0n) is 15.7. The summed E-state index contributed by atoms with van der Waals surface area (Å²) in [5.74, 6) is -0.0759. The van der Waals surface area contributed by atoms with Crippen molar-refractivity contribution in [2.45, 2.75) is 32.9 Å². The quantitative estimate of drug-likeness (QED) is 0.378. The average molecular weight is 543 g/mol. The Morgan fingerprint density at radius 3 is 2.48 bits per heavy atom. The van der Waals surface area contributed by atoms with Gasteiger partial charge in [-0.3, -0.25) is 14.5 Å². The fraction of sp³-hybridized carbons (Fsp3) is 0.238. The number of amides is 2. The van der Waals surface area contributed by atoms with E-state index in [0.29, 0.717) is 31.6 Å². The Morgan fingerprint density at radius 2 is 1.86 bits per heavy atom. The second-order valence-electron chi connectivity index (χ2n) is 6.50. The molecule has 2 aromatic rings. The second kappa shape index (κ2) is 9.45. The molecule has 1 aliphatic heterocycles. The zero-order valence-corrected chi connectivity index (χ0v) is 19.7. The molecule has 1 aliphatic rings. The van der Waals surface area contributed by atoms with Crippen molar-refractivity contribution in [3.63, 3.8) is 0 Å². The van der Waals surface area contributed by atoms with E-state index in [9.17, 15) is 14.0 Å². The van der Waals surface area contributed by atoms with Crippen LogP contribution in [0.1, 0.15) is 31.4 Å². The van der Waals surface area contributed by atoms with Gasteiger partial charge in [-0.25, -0.2) is 4.39 Å². The molecule has 1 saturated heterocycles. The highest BCUT2D eigenvalue weighted by atomic mass is 79.9. The maximum absolute atomic E-state index is 13.8. The summed E-state index contributed by atoms with van der Waals surface area (Å²) in [7, 11) is 0. The molecular weight excluding hydrogens is 525 g/mol. The van der Waals surface area contributed by atoms with Crippen LogP contribution in [0.15, 0.2) is 50.2 Å². The lowest BCUT2D eigenvalue weighted by Gasteiger charge is -2.19. The summed E-state index contributed by atoms with van der Waals surface area (Å²) in [5.41, 5.74) is 1.19. The number of rotatable bonds is 6. The van der Waals surface area contributed by atoms with Crippen molar-refractivity contribution in [1.29, 1.82) is 0 Å². The fourth-order valence-electron chi connectivity index (χ4n) is 2.76. The van der Waals surface area contributed by atoms with E-state index in [0.717, 1.165) is 17.3 Å². The predicted octanol–water partition coefficient (Wildman–Crippen LogP) is 6.76. The number of hydrogen-bond donors (Lipinski definition) is 0. The summed E-state index contributed by atoms with van der Waals surface area (Å²) in [4.78, 5) is 26.4. The van der Waals surface area contributed by atoms with Gasteiger partial charge in [0.15, 0.2) is 0 Å². The lowest BCUT2D eigenvalue weighted by atomic mass is 10.2. The standard InChI is InChI=1S/C21H18Br2FNO3S/c1-3-12(2)25-20(26)18(29-21(25)27)10-13-8-15(22)19(16(23)9-13)28-11-14-6-4-5-7-17(14)24/h4-10,12H,3,11H2,1-2H3/b18-10+/t12-/m1/s1. The van der Waals surface area contributed by atoms with Crippen molar-refractivity contribution in [2.24, 2.45) is 0 Å². The van der Waals surface area contributed by atoms with Crippen LogP contribution in [0.25, 0.3) is 6.08 Å². The number of benzene rings is 2. The third-order valence-electron chi connectivity index (χ3n) is 4.50. The molecule has 29 heavy (non-hydrogen) atoms. The average Bonchev–Trinajstić information content (AvgIpc) is 2.95. The first-order valence-corrected chi connectivity index (χ1v) is 11.3. The van der Waals surface area contributed by atoms with Crippen LogP contribution in [-0.4, -0.2) is 22.1 Å². The lowest BCUT2D eigenvalue weighted by molar-refractivity contribution is -0.124. The summed E-state index contributed by atoms with van der Waals surface area (Å²) in [6.45, 7) is 3.87. The van der Waals surface area contributed by atoms with Crippen LogP contribution >= 0.6 is 43.6 Å². The van der Waals surface area contributed by atoms with Crippen LogP contribution in [-0.2, 0) is 11.4 Å². The first-order chi connectivity index (χ1) is 13.8. The number of halogens is 3. The molecule has 1 atom stereocenters. The first-order valence-electron chi connectivity index (χ1n) is 8.94. The Balaban J connectivity index is 1.81. The summed E-state index contributed by atoms with van der Waals surface area (Å²) in [6, 6.07) is 9.87. The Hall–Kier alpha value is -1.64. The summed E-state index contributed by atoms with van der Waals surface area (Å²) in [6.07, 6.45) is 2.39. The van der Waals surface area contributed by atoms with Gasteiger partial charge in [0.1, 0.15) is 18.2 Å². The van der Waals surface area contributed by atoms with Crippen molar-refractivity contribution in [2.75, 3.05) is 0 Å². The highest BCUT2D eigenvalue weighted by molar-refractivity contribution is 9.11. The summed E-state index contributed by atoms with van der Waals surface area (Å²) >= 11 is 7.87. The van der Waals surface area contributed by atoms with Crippen molar-refractivity contribution in [3.05, 3.63) is 67.2 Å². The van der Waals surface area contributed by atoms with Crippen LogP contribution in [0, 0.1) is 5.82 Å². The smallest absolute Gasteiger partial charge is 0.293 e. The number of imide groups is 1. The predicted molar refractivity (Wildman–Crippen MR) is 120 cm³/mol. The molecule has 0 aromatic heterocycles. The molecule has 0 aliphatic carbocycles.